The second-order valence-corrected chi connectivity index (χ2v) is 7.62. The van der Waals surface area contributed by atoms with E-state index in [0.29, 0.717) is 31.1 Å². The van der Waals surface area contributed by atoms with Gasteiger partial charge in [-0.25, -0.2) is 9.97 Å². The van der Waals surface area contributed by atoms with Gasteiger partial charge >= 0.3 is 0 Å². The molecule has 5 N–H and O–H groups in total. The van der Waals surface area contributed by atoms with Crippen LogP contribution in [0.1, 0.15) is 60.0 Å². The fourth-order valence-electron chi connectivity index (χ4n) is 3.24. The molecule has 8 heteroatoms. The number of anilines is 2. The summed E-state index contributed by atoms with van der Waals surface area (Å²) in [4.78, 5) is 33.1. The first-order chi connectivity index (χ1) is 14.4. The summed E-state index contributed by atoms with van der Waals surface area (Å²) in [6.45, 7) is 4.36. The van der Waals surface area contributed by atoms with Gasteiger partial charge in [-0.15, -0.1) is 0 Å². The van der Waals surface area contributed by atoms with Gasteiger partial charge in [-0.05, 0) is 57.4 Å². The number of hydrogen-bond acceptors (Lipinski definition) is 6. The van der Waals surface area contributed by atoms with Crippen LogP contribution in [-0.4, -0.2) is 41.4 Å². The predicted octanol–water partition coefficient (Wildman–Crippen LogP) is 2.03. The van der Waals surface area contributed by atoms with Crippen LogP contribution in [0.3, 0.4) is 0 Å². The molecule has 2 amide bonds. The summed E-state index contributed by atoms with van der Waals surface area (Å²) in [6, 6.07) is 7.58. The highest BCUT2D eigenvalue weighted by atomic mass is 16.2. The Morgan fingerprint density at radius 2 is 2.03 bits per heavy atom. The number of amides is 2. The van der Waals surface area contributed by atoms with Crippen LogP contribution in [0.5, 0.6) is 0 Å². The maximum Gasteiger partial charge on any atom is 0.271 e. The molecule has 1 atom stereocenters. The van der Waals surface area contributed by atoms with Gasteiger partial charge in [0.05, 0.1) is 17.4 Å². The first kappa shape index (κ1) is 21.7. The molecule has 1 aromatic heterocycles. The van der Waals surface area contributed by atoms with Crippen molar-refractivity contribution in [1.29, 1.82) is 0 Å². The van der Waals surface area contributed by atoms with Crippen molar-refractivity contribution in [2.24, 2.45) is 5.73 Å². The van der Waals surface area contributed by atoms with Crippen molar-refractivity contribution in [2.75, 3.05) is 18.9 Å². The van der Waals surface area contributed by atoms with E-state index < -0.39 is 5.91 Å². The average Bonchev–Trinajstić information content (AvgIpc) is 3.58. The molecule has 3 rings (SSSR count). The number of aromatic nitrogens is 2. The molecule has 1 aromatic carbocycles. The summed E-state index contributed by atoms with van der Waals surface area (Å²) in [6.07, 6.45) is 3.61. The topological polar surface area (TPSA) is 122 Å². The minimum atomic E-state index is -0.598. The zero-order valence-electron chi connectivity index (χ0n) is 17.8. The Hall–Kier alpha value is -3.00. The third kappa shape index (κ3) is 5.33. The minimum Gasteiger partial charge on any atom is -0.364 e. The lowest BCUT2D eigenvalue weighted by molar-refractivity contribution is -0.122. The lowest BCUT2D eigenvalue weighted by atomic mass is 10.1. The number of nitrogens with one attached hydrogen (secondary N) is 3. The summed E-state index contributed by atoms with van der Waals surface area (Å²) in [7, 11) is 1.75. The molecule has 0 spiro atoms. The maximum absolute atomic E-state index is 12.0. The molecule has 1 aliphatic rings. The van der Waals surface area contributed by atoms with E-state index in [9.17, 15) is 9.59 Å². The standard InChI is InChI=1S/C22H30N6O2/c1-4-17-18(15-8-9-15)28-21(19(27-17)20(23)29)26-16-7-5-6-14(12-16)10-11-25-22(30)13(2)24-3/h5-7,12-13,15,24H,4,8-11H2,1-3H3,(H2,23,29)(H,25,30)(H,26,28)/t13-/m1/s1. The van der Waals surface area contributed by atoms with E-state index in [1.165, 1.54) is 0 Å². The Morgan fingerprint density at radius 1 is 1.27 bits per heavy atom. The van der Waals surface area contributed by atoms with Gasteiger partial charge in [0.25, 0.3) is 5.91 Å². The number of likely N-dealkylation sites (N-methyl/N-ethyl adjacent to an activating group) is 1. The Labute approximate surface area is 177 Å². The van der Waals surface area contributed by atoms with E-state index in [1.807, 2.05) is 38.1 Å². The fraction of sp³-hybridized carbons (Fsp3) is 0.455. The monoisotopic (exact) mass is 410 g/mol. The van der Waals surface area contributed by atoms with Gasteiger partial charge in [0, 0.05) is 18.2 Å². The Kier molecular flexibility index (Phi) is 6.99. The largest absolute Gasteiger partial charge is 0.364 e. The summed E-state index contributed by atoms with van der Waals surface area (Å²) >= 11 is 0. The van der Waals surface area contributed by atoms with Crippen LogP contribution in [-0.2, 0) is 17.6 Å². The smallest absolute Gasteiger partial charge is 0.271 e. The fourth-order valence-corrected chi connectivity index (χ4v) is 3.24. The van der Waals surface area contributed by atoms with E-state index in [2.05, 4.69) is 20.9 Å². The summed E-state index contributed by atoms with van der Waals surface area (Å²) in [5.41, 5.74) is 9.38. The molecule has 8 nitrogen and oxygen atoms in total. The first-order valence-corrected chi connectivity index (χ1v) is 10.4. The van der Waals surface area contributed by atoms with Gasteiger partial charge in [0.1, 0.15) is 0 Å². The molecular weight excluding hydrogens is 380 g/mol. The molecule has 0 saturated heterocycles. The quantitative estimate of drug-likeness (QED) is 0.475. The van der Waals surface area contributed by atoms with Gasteiger partial charge in [0.2, 0.25) is 5.91 Å². The van der Waals surface area contributed by atoms with Gasteiger partial charge in [0.15, 0.2) is 11.5 Å². The van der Waals surface area contributed by atoms with E-state index in [-0.39, 0.29) is 17.6 Å². The normalized spacial score (nSPS) is 14.2. The van der Waals surface area contributed by atoms with Crippen molar-refractivity contribution in [2.45, 2.75) is 51.5 Å². The third-order valence-corrected chi connectivity index (χ3v) is 5.26. The molecule has 160 valence electrons. The van der Waals surface area contributed by atoms with E-state index in [1.54, 1.807) is 7.05 Å². The SMILES string of the molecule is CCc1nc(C(N)=O)c(Nc2cccc(CCNC(=O)[C@@H](C)NC)c2)nc1C1CC1. The number of nitrogens with zero attached hydrogens (tertiary/aromatic N) is 2. The molecule has 1 saturated carbocycles. The second-order valence-electron chi connectivity index (χ2n) is 7.62. The summed E-state index contributed by atoms with van der Waals surface area (Å²) < 4.78 is 0. The van der Waals surface area contributed by atoms with Gasteiger partial charge in [-0.1, -0.05) is 19.1 Å². The van der Waals surface area contributed by atoms with Gasteiger partial charge in [-0.3, -0.25) is 9.59 Å². The minimum absolute atomic E-state index is 0.0308. The van der Waals surface area contributed by atoms with Crippen LogP contribution >= 0.6 is 0 Å². The van der Waals surface area contributed by atoms with Gasteiger partial charge < -0.3 is 21.7 Å². The number of nitrogens with two attached hydrogens (primary N) is 1. The lowest BCUT2D eigenvalue weighted by Crippen LogP contribution is -2.41. The average molecular weight is 411 g/mol. The highest BCUT2D eigenvalue weighted by molar-refractivity contribution is 5.96. The van der Waals surface area contributed by atoms with Crippen LogP contribution in [0, 0.1) is 0 Å². The van der Waals surface area contributed by atoms with Crippen LogP contribution in [0.15, 0.2) is 24.3 Å². The first-order valence-electron chi connectivity index (χ1n) is 10.4. The molecule has 0 unspecified atom stereocenters. The molecule has 0 radical (unpaired) electrons. The highest BCUT2D eigenvalue weighted by Crippen LogP contribution is 2.41. The lowest BCUT2D eigenvalue weighted by Gasteiger charge is -2.14. The molecule has 30 heavy (non-hydrogen) atoms. The molecule has 1 aliphatic carbocycles. The van der Waals surface area contributed by atoms with Crippen LogP contribution < -0.4 is 21.7 Å². The number of benzene rings is 1. The summed E-state index contributed by atoms with van der Waals surface area (Å²) in [5, 5.41) is 9.05. The van der Waals surface area contributed by atoms with Gasteiger partial charge in [-0.2, -0.15) is 0 Å². The number of aryl methyl sites for hydroxylation is 1. The number of hydrogen-bond donors (Lipinski definition) is 4. The zero-order chi connectivity index (χ0) is 21.7. The Bertz CT molecular complexity index is 926. The molecule has 2 aromatic rings. The third-order valence-electron chi connectivity index (χ3n) is 5.26. The van der Waals surface area contributed by atoms with Crippen molar-refractivity contribution in [3.05, 3.63) is 46.9 Å². The number of carbonyl (C=O) groups is 2. The van der Waals surface area contributed by atoms with Crippen molar-refractivity contribution in [1.82, 2.24) is 20.6 Å². The maximum atomic E-state index is 12.0. The van der Waals surface area contributed by atoms with E-state index in [4.69, 9.17) is 10.7 Å². The zero-order valence-corrected chi connectivity index (χ0v) is 17.8. The highest BCUT2D eigenvalue weighted by Gasteiger charge is 2.30. The van der Waals surface area contributed by atoms with Crippen molar-refractivity contribution in [3.63, 3.8) is 0 Å². The predicted molar refractivity (Wildman–Crippen MR) is 117 cm³/mol. The Balaban J connectivity index is 1.75. The van der Waals surface area contributed by atoms with Crippen molar-refractivity contribution < 1.29 is 9.59 Å². The van der Waals surface area contributed by atoms with Crippen LogP contribution in [0.25, 0.3) is 0 Å². The molecule has 1 heterocycles. The number of carbonyl (C=O) groups excluding carboxylic acids is 2. The van der Waals surface area contributed by atoms with Crippen LogP contribution in [0.4, 0.5) is 11.5 Å². The molecule has 1 fully saturated rings. The van der Waals surface area contributed by atoms with Crippen molar-refractivity contribution in [3.8, 4) is 0 Å². The van der Waals surface area contributed by atoms with Crippen molar-refractivity contribution >= 4 is 23.3 Å². The number of primary amides is 1. The Morgan fingerprint density at radius 3 is 2.67 bits per heavy atom. The van der Waals surface area contributed by atoms with E-state index in [0.717, 1.165) is 35.5 Å². The van der Waals surface area contributed by atoms with Crippen LogP contribution in [0.2, 0.25) is 0 Å². The molecule has 0 aliphatic heterocycles. The molecular formula is C22H30N6O2. The molecule has 0 bridgehead atoms. The summed E-state index contributed by atoms with van der Waals surface area (Å²) in [5.74, 6) is 0.191. The number of rotatable bonds is 10. The second kappa shape index (κ2) is 9.67. The van der Waals surface area contributed by atoms with E-state index >= 15 is 0 Å².